The average Bonchev–Trinajstić information content (AvgIpc) is 2.98. The summed E-state index contributed by atoms with van der Waals surface area (Å²) in [5.74, 6) is 2.04. The van der Waals surface area contributed by atoms with Crippen molar-refractivity contribution in [3.63, 3.8) is 0 Å². The zero-order chi connectivity index (χ0) is 14.1. The van der Waals surface area contributed by atoms with E-state index in [0.717, 1.165) is 12.8 Å². The molecule has 20 heavy (non-hydrogen) atoms. The smallest absolute Gasteiger partial charge is 0.252 e. The highest BCUT2D eigenvalue weighted by molar-refractivity contribution is 7.10. The van der Waals surface area contributed by atoms with Gasteiger partial charge in [0.1, 0.15) is 0 Å². The first-order chi connectivity index (χ1) is 9.63. The highest BCUT2D eigenvalue weighted by Gasteiger charge is 2.29. The summed E-state index contributed by atoms with van der Waals surface area (Å²) in [5, 5.41) is 8.59. The Morgan fingerprint density at radius 3 is 3.00 bits per heavy atom. The molecule has 2 heterocycles. The number of hydrogen-bond acceptors (Lipinski definition) is 5. The number of hydrogen-bond donors (Lipinski definition) is 1. The molecule has 1 fully saturated rings. The SMILES string of the molecule is CC(C)c1cc(C(=O)NCc2noc(C3CC3)n2)cs1. The zero-order valence-electron chi connectivity index (χ0n) is 11.5. The van der Waals surface area contributed by atoms with Crippen molar-refractivity contribution < 1.29 is 9.32 Å². The maximum Gasteiger partial charge on any atom is 0.252 e. The molecule has 1 saturated carbocycles. The Hall–Kier alpha value is -1.69. The molecule has 3 rings (SSSR count). The van der Waals surface area contributed by atoms with Gasteiger partial charge in [0.2, 0.25) is 5.89 Å². The summed E-state index contributed by atoms with van der Waals surface area (Å²) in [7, 11) is 0. The minimum atomic E-state index is -0.0917. The van der Waals surface area contributed by atoms with Gasteiger partial charge in [-0.05, 0) is 24.8 Å². The minimum absolute atomic E-state index is 0.0917. The molecule has 0 bridgehead atoms. The molecule has 0 unspecified atom stereocenters. The van der Waals surface area contributed by atoms with Crippen molar-refractivity contribution in [2.24, 2.45) is 0 Å². The minimum Gasteiger partial charge on any atom is -0.345 e. The lowest BCUT2D eigenvalue weighted by molar-refractivity contribution is 0.0950. The fourth-order valence-corrected chi connectivity index (χ4v) is 2.78. The maximum absolute atomic E-state index is 12.0. The third kappa shape index (κ3) is 2.90. The van der Waals surface area contributed by atoms with E-state index in [-0.39, 0.29) is 5.91 Å². The number of aromatic nitrogens is 2. The van der Waals surface area contributed by atoms with E-state index >= 15 is 0 Å². The van der Waals surface area contributed by atoms with Crippen molar-refractivity contribution in [3.8, 4) is 0 Å². The van der Waals surface area contributed by atoms with Gasteiger partial charge in [0, 0.05) is 16.2 Å². The predicted molar refractivity (Wildman–Crippen MR) is 75.9 cm³/mol. The fraction of sp³-hybridized carbons (Fsp3) is 0.500. The highest BCUT2D eigenvalue weighted by atomic mass is 32.1. The normalized spacial score (nSPS) is 14.8. The zero-order valence-corrected chi connectivity index (χ0v) is 12.4. The summed E-state index contributed by atoms with van der Waals surface area (Å²) in [6.45, 7) is 4.54. The van der Waals surface area contributed by atoms with Gasteiger partial charge >= 0.3 is 0 Å². The van der Waals surface area contributed by atoms with E-state index in [9.17, 15) is 4.79 Å². The Bertz CT molecular complexity index is 613. The number of carbonyl (C=O) groups is 1. The lowest BCUT2D eigenvalue weighted by atomic mass is 10.1. The summed E-state index contributed by atoms with van der Waals surface area (Å²) in [6, 6.07) is 1.94. The lowest BCUT2D eigenvalue weighted by Gasteiger charge is -2.00. The molecule has 1 amide bonds. The molecule has 6 heteroatoms. The second kappa shape index (κ2) is 5.36. The van der Waals surface area contributed by atoms with Gasteiger partial charge in [-0.1, -0.05) is 19.0 Å². The quantitative estimate of drug-likeness (QED) is 0.919. The molecule has 106 valence electrons. The molecule has 2 aromatic rings. The molecule has 0 aromatic carbocycles. The molecule has 0 aliphatic heterocycles. The van der Waals surface area contributed by atoms with Crippen molar-refractivity contribution in [2.75, 3.05) is 0 Å². The largest absolute Gasteiger partial charge is 0.345 e. The van der Waals surface area contributed by atoms with Gasteiger partial charge in [0.15, 0.2) is 5.82 Å². The molecule has 0 atom stereocenters. The van der Waals surface area contributed by atoms with Crippen LogP contribution >= 0.6 is 11.3 Å². The van der Waals surface area contributed by atoms with Gasteiger partial charge in [-0.2, -0.15) is 4.98 Å². The van der Waals surface area contributed by atoms with Gasteiger partial charge in [-0.25, -0.2) is 0 Å². The molecular weight excluding hydrogens is 274 g/mol. The van der Waals surface area contributed by atoms with Crippen LogP contribution < -0.4 is 5.32 Å². The van der Waals surface area contributed by atoms with E-state index in [1.807, 2.05) is 11.4 Å². The molecule has 2 aromatic heterocycles. The van der Waals surface area contributed by atoms with Crippen LogP contribution in [0.15, 0.2) is 16.0 Å². The van der Waals surface area contributed by atoms with Crippen LogP contribution in [0, 0.1) is 0 Å². The molecule has 5 nitrogen and oxygen atoms in total. The van der Waals surface area contributed by atoms with Crippen molar-refractivity contribution in [3.05, 3.63) is 33.6 Å². The van der Waals surface area contributed by atoms with Crippen LogP contribution in [0.1, 0.15) is 65.5 Å². The van der Waals surface area contributed by atoms with E-state index in [4.69, 9.17) is 4.52 Å². The van der Waals surface area contributed by atoms with Crippen LogP contribution in [0.3, 0.4) is 0 Å². The van der Waals surface area contributed by atoms with Crippen LogP contribution in [-0.2, 0) is 6.54 Å². The summed E-state index contributed by atoms with van der Waals surface area (Å²) in [6.07, 6.45) is 2.25. The molecule has 1 aliphatic carbocycles. The van der Waals surface area contributed by atoms with Crippen LogP contribution in [0.25, 0.3) is 0 Å². The molecule has 0 saturated heterocycles. The van der Waals surface area contributed by atoms with Gasteiger partial charge in [-0.3, -0.25) is 4.79 Å². The van der Waals surface area contributed by atoms with Gasteiger partial charge in [-0.15, -0.1) is 11.3 Å². The Kier molecular flexibility index (Phi) is 3.56. The molecule has 1 N–H and O–H groups in total. The van der Waals surface area contributed by atoms with Crippen LogP contribution in [0.5, 0.6) is 0 Å². The van der Waals surface area contributed by atoms with Crippen molar-refractivity contribution >= 4 is 17.2 Å². The van der Waals surface area contributed by atoms with Gasteiger partial charge in [0.25, 0.3) is 5.91 Å². The van der Waals surface area contributed by atoms with Gasteiger partial charge in [0.05, 0.1) is 12.1 Å². The molecule has 0 spiro atoms. The van der Waals surface area contributed by atoms with Crippen LogP contribution in [-0.4, -0.2) is 16.0 Å². The van der Waals surface area contributed by atoms with E-state index in [1.54, 1.807) is 11.3 Å². The average molecular weight is 291 g/mol. The monoisotopic (exact) mass is 291 g/mol. The predicted octanol–water partition coefficient (Wildman–Crippen LogP) is 3.06. The third-order valence-corrected chi connectivity index (χ3v) is 4.50. The van der Waals surface area contributed by atoms with Crippen molar-refractivity contribution in [1.82, 2.24) is 15.5 Å². The summed E-state index contributed by atoms with van der Waals surface area (Å²) in [5.41, 5.74) is 0.699. The number of amides is 1. The summed E-state index contributed by atoms with van der Waals surface area (Å²) >= 11 is 1.61. The van der Waals surface area contributed by atoms with E-state index < -0.39 is 0 Å². The van der Waals surface area contributed by atoms with E-state index in [2.05, 4.69) is 29.3 Å². The molecular formula is C14H17N3O2S. The standard InChI is InChI=1S/C14H17N3O2S/c1-8(2)11-5-10(7-20-11)13(18)15-6-12-16-14(19-17-12)9-3-4-9/h5,7-9H,3-4,6H2,1-2H3,(H,15,18). The first-order valence-corrected chi connectivity index (χ1v) is 7.70. The van der Waals surface area contributed by atoms with E-state index in [1.165, 1.54) is 4.88 Å². The maximum atomic E-state index is 12.0. The fourth-order valence-electron chi connectivity index (χ4n) is 1.87. The Labute approximate surface area is 121 Å². The van der Waals surface area contributed by atoms with Crippen LogP contribution in [0.4, 0.5) is 0 Å². The number of nitrogens with one attached hydrogen (secondary N) is 1. The van der Waals surface area contributed by atoms with E-state index in [0.29, 0.717) is 35.7 Å². The second-order valence-electron chi connectivity index (χ2n) is 5.40. The Morgan fingerprint density at radius 2 is 2.35 bits per heavy atom. The highest BCUT2D eigenvalue weighted by Crippen LogP contribution is 2.38. The topological polar surface area (TPSA) is 68.0 Å². The lowest BCUT2D eigenvalue weighted by Crippen LogP contribution is -2.22. The molecule has 1 aliphatic rings. The summed E-state index contributed by atoms with van der Waals surface area (Å²) < 4.78 is 5.15. The first kappa shape index (κ1) is 13.3. The number of carbonyl (C=O) groups excluding carboxylic acids is 1. The number of rotatable bonds is 5. The van der Waals surface area contributed by atoms with Crippen molar-refractivity contribution in [2.45, 2.75) is 45.1 Å². The number of nitrogens with zero attached hydrogens (tertiary/aromatic N) is 2. The van der Waals surface area contributed by atoms with Crippen molar-refractivity contribution in [1.29, 1.82) is 0 Å². The third-order valence-electron chi connectivity index (χ3n) is 3.27. The summed E-state index contributed by atoms with van der Waals surface area (Å²) in [4.78, 5) is 17.5. The Morgan fingerprint density at radius 1 is 1.55 bits per heavy atom. The first-order valence-electron chi connectivity index (χ1n) is 6.82. The second-order valence-corrected chi connectivity index (χ2v) is 6.34. The van der Waals surface area contributed by atoms with Gasteiger partial charge < -0.3 is 9.84 Å². The Balaban J connectivity index is 1.57. The molecule has 0 radical (unpaired) electrons. The van der Waals surface area contributed by atoms with Crippen LogP contribution in [0.2, 0.25) is 0 Å². The number of thiophene rings is 1.